The third-order valence-electron chi connectivity index (χ3n) is 5.27. The zero-order chi connectivity index (χ0) is 20.4. The quantitative estimate of drug-likeness (QED) is 0.685. The van der Waals surface area contributed by atoms with Gasteiger partial charge in [0.05, 0.1) is 18.2 Å². The van der Waals surface area contributed by atoms with Crippen LogP contribution in [0.5, 0.6) is 0 Å². The standard InChI is InChI=1S/C21H23F2N5O/c22-15-5-4-13(17(23)10-15)11-28-8-6-16(7-9-28)29-12-14-2-1-3-18-19(14)20(24)27-21(25)26-18/h1-5,10,16H,6-9,11-12H2,(H4,24,25,26,27). The first-order valence-electron chi connectivity index (χ1n) is 9.58. The second-order valence-electron chi connectivity index (χ2n) is 7.30. The predicted molar refractivity (Wildman–Crippen MR) is 108 cm³/mol. The average Bonchev–Trinajstić information content (AvgIpc) is 2.69. The summed E-state index contributed by atoms with van der Waals surface area (Å²) in [5.74, 6) is -0.554. The van der Waals surface area contributed by atoms with Crippen LogP contribution in [0.15, 0.2) is 36.4 Å². The van der Waals surface area contributed by atoms with Crippen molar-refractivity contribution in [3.63, 3.8) is 0 Å². The number of piperidine rings is 1. The van der Waals surface area contributed by atoms with Gasteiger partial charge in [-0.15, -0.1) is 0 Å². The number of likely N-dealkylation sites (tertiary alicyclic amines) is 1. The Hall–Kier alpha value is -2.84. The average molecular weight is 399 g/mol. The third-order valence-corrected chi connectivity index (χ3v) is 5.27. The van der Waals surface area contributed by atoms with Crippen molar-refractivity contribution in [1.82, 2.24) is 14.9 Å². The van der Waals surface area contributed by atoms with Crippen molar-refractivity contribution in [2.45, 2.75) is 32.1 Å². The second kappa shape index (κ2) is 8.26. The van der Waals surface area contributed by atoms with E-state index in [9.17, 15) is 8.78 Å². The molecule has 1 aliphatic rings. The number of halogens is 2. The molecule has 0 spiro atoms. The Morgan fingerprint density at radius 2 is 1.83 bits per heavy atom. The van der Waals surface area contributed by atoms with Crippen molar-refractivity contribution >= 4 is 22.7 Å². The maximum atomic E-state index is 13.9. The number of ether oxygens (including phenoxy) is 1. The number of nitrogens with two attached hydrogens (primary N) is 2. The lowest BCUT2D eigenvalue weighted by atomic mass is 10.1. The minimum Gasteiger partial charge on any atom is -0.383 e. The Morgan fingerprint density at radius 1 is 1.03 bits per heavy atom. The van der Waals surface area contributed by atoms with Crippen molar-refractivity contribution in [3.05, 3.63) is 59.2 Å². The van der Waals surface area contributed by atoms with E-state index in [1.165, 1.54) is 12.1 Å². The Labute approximate surface area is 167 Å². The normalized spacial score (nSPS) is 15.8. The molecule has 1 saturated heterocycles. The van der Waals surface area contributed by atoms with Crippen molar-refractivity contribution in [3.8, 4) is 0 Å². The molecule has 2 aromatic carbocycles. The highest BCUT2D eigenvalue weighted by Crippen LogP contribution is 2.25. The number of hydrogen-bond donors (Lipinski definition) is 2. The molecule has 0 radical (unpaired) electrons. The van der Waals surface area contributed by atoms with Crippen LogP contribution in [0.1, 0.15) is 24.0 Å². The number of benzene rings is 2. The minimum absolute atomic E-state index is 0.107. The number of fused-ring (bicyclic) bond motifs is 1. The number of nitrogens with zero attached hydrogens (tertiary/aromatic N) is 3. The molecule has 1 aliphatic heterocycles. The number of rotatable bonds is 5. The van der Waals surface area contributed by atoms with Crippen LogP contribution in [0.2, 0.25) is 0 Å². The van der Waals surface area contributed by atoms with Crippen molar-refractivity contribution in [2.75, 3.05) is 24.6 Å². The van der Waals surface area contributed by atoms with Gasteiger partial charge in [0.15, 0.2) is 0 Å². The molecule has 3 aromatic rings. The highest BCUT2D eigenvalue weighted by atomic mass is 19.1. The molecule has 0 amide bonds. The van der Waals surface area contributed by atoms with Crippen LogP contribution in [0.25, 0.3) is 10.9 Å². The summed E-state index contributed by atoms with van der Waals surface area (Å²) in [6.45, 7) is 2.46. The summed E-state index contributed by atoms with van der Waals surface area (Å²) in [7, 11) is 0. The van der Waals surface area contributed by atoms with E-state index in [0.29, 0.717) is 30.0 Å². The Morgan fingerprint density at radius 3 is 2.59 bits per heavy atom. The third kappa shape index (κ3) is 4.44. The molecule has 8 heteroatoms. The Bertz CT molecular complexity index is 1020. The van der Waals surface area contributed by atoms with Gasteiger partial charge in [-0.05, 0) is 30.5 Å². The smallest absolute Gasteiger partial charge is 0.222 e. The minimum atomic E-state index is -0.555. The molecule has 29 heavy (non-hydrogen) atoms. The number of aromatic nitrogens is 2. The SMILES string of the molecule is Nc1nc(N)c2c(COC3CCN(Cc4ccc(F)cc4F)CC3)cccc2n1. The maximum absolute atomic E-state index is 13.9. The first kappa shape index (κ1) is 19.5. The van der Waals surface area contributed by atoms with Gasteiger partial charge in [0.1, 0.15) is 17.5 Å². The number of nitrogen functional groups attached to an aromatic ring is 2. The molecule has 0 unspecified atom stereocenters. The summed E-state index contributed by atoms with van der Waals surface area (Å²) in [6, 6.07) is 9.42. The lowest BCUT2D eigenvalue weighted by molar-refractivity contribution is -0.00365. The van der Waals surface area contributed by atoms with Crippen LogP contribution in [-0.4, -0.2) is 34.1 Å². The molecule has 2 heterocycles. The van der Waals surface area contributed by atoms with E-state index >= 15 is 0 Å². The Balaban J connectivity index is 1.34. The van der Waals surface area contributed by atoms with Gasteiger partial charge in [0, 0.05) is 36.7 Å². The molecular formula is C21H23F2N5O. The van der Waals surface area contributed by atoms with Gasteiger partial charge in [-0.3, -0.25) is 4.90 Å². The van der Waals surface area contributed by atoms with E-state index < -0.39 is 11.6 Å². The fraction of sp³-hybridized carbons (Fsp3) is 0.333. The highest BCUT2D eigenvalue weighted by molar-refractivity contribution is 5.91. The molecule has 0 atom stereocenters. The zero-order valence-corrected chi connectivity index (χ0v) is 15.9. The molecule has 0 saturated carbocycles. The van der Waals surface area contributed by atoms with Crippen LogP contribution in [0, 0.1) is 11.6 Å². The van der Waals surface area contributed by atoms with E-state index in [4.69, 9.17) is 16.2 Å². The summed E-state index contributed by atoms with van der Waals surface area (Å²) in [5, 5.41) is 0.769. The van der Waals surface area contributed by atoms with E-state index in [1.807, 2.05) is 18.2 Å². The van der Waals surface area contributed by atoms with Crippen LogP contribution in [0.4, 0.5) is 20.5 Å². The van der Waals surface area contributed by atoms with Crippen LogP contribution in [0.3, 0.4) is 0 Å². The van der Waals surface area contributed by atoms with Gasteiger partial charge in [-0.1, -0.05) is 18.2 Å². The first-order chi connectivity index (χ1) is 14.0. The zero-order valence-electron chi connectivity index (χ0n) is 15.9. The van der Waals surface area contributed by atoms with Crippen LogP contribution < -0.4 is 11.5 Å². The number of anilines is 2. The van der Waals surface area contributed by atoms with Gasteiger partial charge in [0.2, 0.25) is 5.95 Å². The van der Waals surface area contributed by atoms with Gasteiger partial charge in [0.25, 0.3) is 0 Å². The topological polar surface area (TPSA) is 90.3 Å². The molecule has 1 fully saturated rings. The maximum Gasteiger partial charge on any atom is 0.222 e. The van der Waals surface area contributed by atoms with Crippen molar-refractivity contribution < 1.29 is 13.5 Å². The first-order valence-corrected chi connectivity index (χ1v) is 9.58. The van der Waals surface area contributed by atoms with Gasteiger partial charge in [-0.2, -0.15) is 4.98 Å². The molecule has 0 aliphatic carbocycles. The summed E-state index contributed by atoms with van der Waals surface area (Å²) in [6.07, 6.45) is 1.79. The molecule has 4 rings (SSSR count). The summed E-state index contributed by atoms with van der Waals surface area (Å²) in [5.41, 5.74) is 13.8. The lowest BCUT2D eigenvalue weighted by Gasteiger charge is -2.32. The summed E-state index contributed by atoms with van der Waals surface area (Å²) >= 11 is 0. The molecule has 152 valence electrons. The largest absolute Gasteiger partial charge is 0.383 e. The molecule has 6 nitrogen and oxygen atoms in total. The second-order valence-corrected chi connectivity index (χ2v) is 7.30. The predicted octanol–water partition coefficient (Wildman–Crippen LogP) is 3.25. The van der Waals surface area contributed by atoms with E-state index in [2.05, 4.69) is 14.9 Å². The Kier molecular flexibility index (Phi) is 5.55. The van der Waals surface area contributed by atoms with E-state index in [0.717, 1.165) is 42.9 Å². The number of hydrogen-bond acceptors (Lipinski definition) is 6. The fourth-order valence-electron chi connectivity index (χ4n) is 3.76. The van der Waals surface area contributed by atoms with Gasteiger partial charge < -0.3 is 16.2 Å². The molecule has 0 bridgehead atoms. The summed E-state index contributed by atoms with van der Waals surface area (Å²) < 4.78 is 33.0. The fourth-order valence-corrected chi connectivity index (χ4v) is 3.76. The molecule has 4 N–H and O–H groups in total. The van der Waals surface area contributed by atoms with Crippen LogP contribution >= 0.6 is 0 Å². The molecular weight excluding hydrogens is 376 g/mol. The van der Waals surface area contributed by atoms with Gasteiger partial charge >= 0.3 is 0 Å². The summed E-state index contributed by atoms with van der Waals surface area (Å²) in [4.78, 5) is 10.4. The van der Waals surface area contributed by atoms with Crippen molar-refractivity contribution in [1.29, 1.82) is 0 Å². The van der Waals surface area contributed by atoms with Crippen molar-refractivity contribution in [2.24, 2.45) is 0 Å². The van der Waals surface area contributed by atoms with E-state index in [1.54, 1.807) is 0 Å². The molecule has 1 aromatic heterocycles. The lowest BCUT2D eigenvalue weighted by Crippen LogP contribution is -2.36. The monoisotopic (exact) mass is 399 g/mol. The van der Waals surface area contributed by atoms with Crippen LogP contribution in [-0.2, 0) is 17.9 Å². The highest BCUT2D eigenvalue weighted by Gasteiger charge is 2.21. The van der Waals surface area contributed by atoms with E-state index in [-0.39, 0.29) is 12.1 Å². The van der Waals surface area contributed by atoms with Gasteiger partial charge in [-0.25, -0.2) is 13.8 Å².